The SMILES string of the molecule is CCOc1ccc[n+]([O-])c1C(N)=O. The number of carbonyl (C=O) groups excluding carboxylic acids is 1. The van der Waals surface area contributed by atoms with Crippen LogP contribution < -0.4 is 15.2 Å². The summed E-state index contributed by atoms with van der Waals surface area (Å²) in [6, 6.07) is 3.02. The molecule has 1 heterocycles. The number of rotatable bonds is 3. The van der Waals surface area contributed by atoms with E-state index in [0.29, 0.717) is 11.3 Å². The second kappa shape index (κ2) is 3.75. The fourth-order valence-corrected chi connectivity index (χ4v) is 0.973. The van der Waals surface area contributed by atoms with E-state index in [-0.39, 0.29) is 11.4 Å². The lowest BCUT2D eigenvalue weighted by molar-refractivity contribution is -0.608. The maximum Gasteiger partial charge on any atom is 0.323 e. The Labute approximate surface area is 75.3 Å². The summed E-state index contributed by atoms with van der Waals surface area (Å²) >= 11 is 0. The molecular weight excluding hydrogens is 172 g/mol. The van der Waals surface area contributed by atoms with Gasteiger partial charge in [0.1, 0.15) is 0 Å². The molecule has 5 nitrogen and oxygen atoms in total. The predicted molar refractivity (Wildman–Crippen MR) is 45.1 cm³/mol. The first-order valence-electron chi connectivity index (χ1n) is 3.81. The molecule has 0 saturated carbocycles. The first-order chi connectivity index (χ1) is 6.16. The molecule has 70 valence electrons. The second-order valence-corrected chi connectivity index (χ2v) is 2.34. The zero-order valence-electron chi connectivity index (χ0n) is 7.19. The summed E-state index contributed by atoms with van der Waals surface area (Å²) in [6.45, 7) is 2.14. The van der Waals surface area contributed by atoms with E-state index < -0.39 is 5.91 Å². The fraction of sp³-hybridized carbons (Fsp3) is 0.250. The number of aromatic nitrogens is 1. The predicted octanol–water partition coefficient (Wildman–Crippen LogP) is -0.182. The van der Waals surface area contributed by atoms with E-state index in [1.807, 2.05) is 0 Å². The molecule has 0 atom stereocenters. The van der Waals surface area contributed by atoms with Crippen LogP contribution in [-0.4, -0.2) is 12.5 Å². The molecule has 0 spiro atoms. The molecule has 5 heteroatoms. The average molecular weight is 182 g/mol. The number of carbonyl (C=O) groups is 1. The van der Waals surface area contributed by atoms with Gasteiger partial charge in [-0.1, -0.05) is 0 Å². The van der Waals surface area contributed by atoms with Crippen LogP contribution in [0.15, 0.2) is 18.3 Å². The van der Waals surface area contributed by atoms with Gasteiger partial charge in [0.2, 0.25) is 0 Å². The summed E-state index contributed by atoms with van der Waals surface area (Å²) in [4.78, 5) is 10.8. The fourth-order valence-electron chi connectivity index (χ4n) is 0.973. The van der Waals surface area contributed by atoms with E-state index in [9.17, 15) is 10.0 Å². The van der Waals surface area contributed by atoms with Gasteiger partial charge in [-0.15, -0.1) is 0 Å². The van der Waals surface area contributed by atoms with E-state index in [1.54, 1.807) is 6.92 Å². The largest absolute Gasteiger partial charge is 0.618 e. The van der Waals surface area contributed by atoms with Crippen molar-refractivity contribution in [3.8, 4) is 5.75 Å². The van der Waals surface area contributed by atoms with Gasteiger partial charge < -0.3 is 15.7 Å². The van der Waals surface area contributed by atoms with Crippen LogP contribution >= 0.6 is 0 Å². The van der Waals surface area contributed by atoms with Gasteiger partial charge in [0.15, 0.2) is 11.9 Å². The van der Waals surface area contributed by atoms with Crippen LogP contribution in [0.2, 0.25) is 0 Å². The lowest BCUT2D eigenvalue weighted by atomic mass is 10.3. The first kappa shape index (κ1) is 9.31. The summed E-state index contributed by atoms with van der Waals surface area (Å²) < 4.78 is 5.45. The van der Waals surface area contributed by atoms with Gasteiger partial charge in [0, 0.05) is 6.07 Å². The Balaban J connectivity index is 3.17. The smallest absolute Gasteiger partial charge is 0.323 e. The number of amides is 1. The number of hydrogen-bond acceptors (Lipinski definition) is 3. The zero-order chi connectivity index (χ0) is 9.84. The summed E-state index contributed by atoms with van der Waals surface area (Å²) in [7, 11) is 0. The van der Waals surface area contributed by atoms with Gasteiger partial charge in [-0.05, 0) is 13.0 Å². The molecule has 0 aliphatic rings. The molecule has 0 saturated heterocycles. The van der Waals surface area contributed by atoms with Gasteiger partial charge in [0.25, 0.3) is 0 Å². The molecule has 13 heavy (non-hydrogen) atoms. The monoisotopic (exact) mass is 182 g/mol. The molecule has 0 unspecified atom stereocenters. The third-order valence-corrected chi connectivity index (χ3v) is 1.46. The van der Waals surface area contributed by atoms with Crippen molar-refractivity contribution in [1.82, 2.24) is 0 Å². The zero-order valence-corrected chi connectivity index (χ0v) is 7.19. The second-order valence-electron chi connectivity index (χ2n) is 2.34. The summed E-state index contributed by atoms with van der Waals surface area (Å²) in [5, 5.41) is 11.1. The quantitative estimate of drug-likeness (QED) is 0.520. The Hall–Kier alpha value is -1.78. The molecular formula is C8H10N2O3. The van der Waals surface area contributed by atoms with E-state index in [0.717, 1.165) is 0 Å². The third kappa shape index (κ3) is 1.87. The van der Waals surface area contributed by atoms with Crippen molar-refractivity contribution >= 4 is 5.91 Å². The molecule has 0 fully saturated rings. The van der Waals surface area contributed by atoms with Gasteiger partial charge in [-0.2, -0.15) is 4.73 Å². The van der Waals surface area contributed by atoms with Gasteiger partial charge in [-0.3, -0.25) is 4.79 Å². The normalized spacial score (nSPS) is 9.62. The van der Waals surface area contributed by atoms with Crippen LogP contribution in [0.4, 0.5) is 0 Å². The maximum absolute atomic E-state index is 11.1. The number of primary amides is 1. The van der Waals surface area contributed by atoms with Crippen LogP contribution in [0.5, 0.6) is 5.75 Å². The Kier molecular flexibility index (Phi) is 2.69. The van der Waals surface area contributed by atoms with Crippen LogP contribution in [0.3, 0.4) is 0 Å². The molecule has 2 N–H and O–H groups in total. The summed E-state index contributed by atoms with van der Waals surface area (Å²) in [6.07, 6.45) is 1.20. The van der Waals surface area contributed by atoms with Crippen LogP contribution in [0, 0.1) is 5.21 Å². The van der Waals surface area contributed by atoms with Crippen LogP contribution in [0.25, 0.3) is 0 Å². The summed E-state index contributed by atoms with van der Waals surface area (Å²) in [5.74, 6) is -0.577. The van der Waals surface area contributed by atoms with Gasteiger partial charge >= 0.3 is 11.6 Å². The number of hydrogen-bond donors (Lipinski definition) is 1. The highest BCUT2D eigenvalue weighted by Gasteiger charge is 2.19. The standard InChI is InChI=1S/C8H10N2O3/c1-2-13-6-4-3-5-10(12)7(6)8(9)11/h3-5H,2H2,1H3,(H2,9,11). The van der Waals surface area contributed by atoms with Crippen molar-refractivity contribution < 1.29 is 14.3 Å². The number of pyridine rings is 1. The van der Waals surface area contributed by atoms with Crippen molar-refractivity contribution in [3.63, 3.8) is 0 Å². The number of nitrogens with two attached hydrogens (primary N) is 1. The molecule has 0 bridgehead atoms. The maximum atomic E-state index is 11.1. The first-order valence-corrected chi connectivity index (χ1v) is 3.81. The van der Waals surface area contributed by atoms with Crippen LogP contribution in [-0.2, 0) is 0 Å². The molecule has 1 aromatic rings. The molecule has 0 aliphatic heterocycles. The highest BCUT2D eigenvalue weighted by Crippen LogP contribution is 2.12. The van der Waals surface area contributed by atoms with Gasteiger partial charge in [-0.25, -0.2) is 0 Å². The van der Waals surface area contributed by atoms with Crippen molar-refractivity contribution in [3.05, 3.63) is 29.2 Å². The Morgan fingerprint density at radius 1 is 1.77 bits per heavy atom. The number of ether oxygens (including phenoxy) is 1. The highest BCUT2D eigenvalue weighted by molar-refractivity contribution is 5.92. The molecule has 0 aromatic carbocycles. The van der Waals surface area contributed by atoms with E-state index in [1.165, 1.54) is 18.3 Å². The Morgan fingerprint density at radius 2 is 2.46 bits per heavy atom. The van der Waals surface area contributed by atoms with Crippen molar-refractivity contribution in [2.45, 2.75) is 6.92 Å². The molecule has 1 rings (SSSR count). The Morgan fingerprint density at radius 3 is 3.00 bits per heavy atom. The average Bonchev–Trinajstić information content (AvgIpc) is 2.04. The summed E-state index contributed by atoms with van der Waals surface area (Å²) in [5.41, 5.74) is 4.84. The van der Waals surface area contributed by atoms with E-state index in [2.05, 4.69) is 0 Å². The molecule has 1 aromatic heterocycles. The van der Waals surface area contributed by atoms with E-state index >= 15 is 0 Å². The minimum absolute atomic E-state index is 0.163. The number of nitrogens with zero attached hydrogens (tertiary/aromatic N) is 1. The molecule has 1 amide bonds. The van der Waals surface area contributed by atoms with E-state index in [4.69, 9.17) is 10.5 Å². The lowest BCUT2D eigenvalue weighted by Gasteiger charge is -2.06. The topological polar surface area (TPSA) is 79.3 Å². The third-order valence-electron chi connectivity index (χ3n) is 1.46. The van der Waals surface area contributed by atoms with Crippen molar-refractivity contribution in [2.75, 3.05) is 6.61 Å². The highest BCUT2D eigenvalue weighted by atomic mass is 16.5. The minimum atomic E-state index is -0.793. The minimum Gasteiger partial charge on any atom is -0.618 e. The van der Waals surface area contributed by atoms with Crippen molar-refractivity contribution in [1.29, 1.82) is 0 Å². The lowest BCUT2D eigenvalue weighted by Crippen LogP contribution is -2.37. The van der Waals surface area contributed by atoms with Crippen molar-refractivity contribution in [2.24, 2.45) is 5.73 Å². The van der Waals surface area contributed by atoms with Crippen LogP contribution in [0.1, 0.15) is 17.4 Å². The molecule has 0 aliphatic carbocycles. The molecule has 0 radical (unpaired) electrons. The Bertz CT molecular complexity index is 325. The van der Waals surface area contributed by atoms with Gasteiger partial charge in [0.05, 0.1) is 6.61 Å².